The topological polar surface area (TPSA) is 17.1 Å². The molecule has 11 heavy (non-hydrogen) atoms. The summed E-state index contributed by atoms with van der Waals surface area (Å²) in [5.41, 5.74) is 2.19. The van der Waals surface area contributed by atoms with Gasteiger partial charge in [-0.3, -0.25) is 0 Å². The zero-order chi connectivity index (χ0) is 7.40. The summed E-state index contributed by atoms with van der Waals surface area (Å²) in [7, 11) is 0. The molecule has 0 amide bonds. The molecule has 0 saturated heterocycles. The van der Waals surface area contributed by atoms with Gasteiger partial charge in [0.25, 0.3) is 0 Å². The van der Waals surface area contributed by atoms with Crippen molar-refractivity contribution in [2.24, 2.45) is 0 Å². The number of aryl methyl sites for hydroxylation is 1. The van der Waals surface area contributed by atoms with Gasteiger partial charge in [0.1, 0.15) is 6.29 Å². The molecular weight excluding hydrogens is 237 g/mol. The van der Waals surface area contributed by atoms with Crippen LogP contribution in [0.4, 0.5) is 0 Å². The molecule has 0 aliphatic heterocycles. The molecule has 0 bridgehead atoms. The third-order valence-electron chi connectivity index (χ3n) is 1.31. The van der Waals surface area contributed by atoms with Gasteiger partial charge < -0.3 is 4.79 Å². The molecular formula is C9H9CdO-. The van der Waals surface area contributed by atoms with Crippen LogP contribution in [0.2, 0.25) is 0 Å². The fraction of sp³-hybridized carbons (Fsp3) is 0.222. The van der Waals surface area contributed by atoms with E-state index >= 15 is 0 Å². The van der Waals surface area contributed by atoms with Crippen LogP contribution in [0, 0.1) is 13.0 Å². The second kappa shape index (κ2) is 5.46. The maximum atomic E-state index is 10.1. The molecule has 54 valence electrons. The number of carbonyl (C=O) groups excluding carboxylic acids is 1. The first-order chi connectivity index (χ1) is 4.83. The Kier molecular flexibility index (Phi) is 5.37. The predicted octanol–water partition coefficient (Wildman–Crippen LogP) is 1.53. The Balaban J connectivity index is 0.000001000. The molecule has 1 aromatic carbocycles. The average Bonchev–Trinajstić information content (AvgIpc) is 1.88. The second-order valence-electron chi connectivity index (χ2n) is 2.29. The Morgan fingerprint density at radius 1 is 1.55 bits per heavy atom. The SMILES string of the molecule is Cc1c[c-]cc(CC=O)c1.[Cd]. The van der Waals surface area contributed by atoms with Gasteiger partial charge in [0.05, 0.1) is 0 Å². The van der Waals surface area contributed by atoms with Crippen molar-refractivity contribution in [3.8, 4) is 0 Å². The van der Waals surface area contributed by atoms with E-state index in [2.05, 4.69) is 6.07 Å². The maximum absolute atomic E-state index is 10.1. The molecule has 1 nitrogen and oxygen atoms in total. The van der Waals surface area contributed by atoms with Crippen molar-refractivity contribution >= 4 is 6.29 Å². The van der Waals surface area contributed by atoms with Gasteiger partial charge in [0.15, 0.2) is 0 Å². The van der Waals surface area contributed by atoms with Crippen molar-refractivity contribution in [2.75, 3.05) is 0 Å². The summed E-state index contributed by atoms with van der Waals surface area (Å²) in [6.07, 6.45) is 1.40. The van der Waals surface area contributed by atoms with Crippen molar-refractivity contribution in [1.82, 2.24) is 0 Å². The molecule has 1 rings (SSSR count). The van der Waals surface area contributed by atoms with Crippen molar-refractivity contribution in [2.45, 2.75) is 13.3 Å². The van der Waals surface area contributed by atoms with Crippen LogP contribution in [0.5, 0.6) is 0 Å². The molecule has 0 radical (unpaired) electrons. The molecule has 0 spiro atoms. The quantitative estimate of drug-likeness (QED) is 0.439. The van der Waals surface area contributed by atoms with E-state index in [1.165, 1.54) is 0 Å². The van der Waals surface area contributed by atoms with Crippen LogP contribution in [0.3, 0.4) is 0 Å². The minimum atomic E-state index is 0. The molecule has 0 aliphatic carbocycles. The standard InChI is InChI=1S/C9H9O.Cd/c1-8-3-2-4-9(7-8)5-6-10;/h3-4,6-7H,5H2,1H3;/q-1;. The zero-order valence-electron chi connectivity index (χ0n) is 6.63. The number of hydrogen-bond acceptors (Lipinski definition) is 1. The molecule has 0 aliphatic rings. The van der Waals surface area contributed by atoms with Gasteiger partial charge in [0.2, 0.25) is 0 Å². The van der Waals surface area contributed by atoms with Gasteiger partial charge >= 0.3 is 0 Å². The van der Waals surface area contributed by atoms with Crippen molar-refractivity contribution < 1.29 is 32.1 Å². The summed E-state index contributed by atoms with van der Waals surface area (Å²) in [4.78, 5) is 10.1. The Labute approximate surface area is 87.0 Å². The van der Waals surface area contributed by atoms with Crippen molar-refractivity contribution in [1.29, 1.82) is 0 Å². The second-order valence-corrected chi connectivity index (χ2v) is 2.29. The maximum Gasteiger partial charge on any atom is 0.112 e. The molecule has 2 heteroatoms. The number of benzene rings is 1. The van der Waals surface area contributed by atoms with E-state index in [1.54, 1.807) is 0 Å². The monoisotopic (exact) mass is 247 g/mol. The minimum absolute atomic E-state index is 0. The van der Waals surface area contributed by atoms with Crippen LogP contribution in [0.1, 0.15) is 11.1 Å². The van der Waals surface area contributed by atoms with Crippen LogP contribution in [0.15, 0.2) is 18.2 Å². The summed E-state index contributed by atoms with van der Waals surface area (Å²) < 4.78 is 0. The average molecular weight is 246 g/mol. The first-order valence-electron chi connectivity index (χ1n) is 3.23. The van der Waals surface area contributed by atoms with Crippen LogP contribution in [0.25, 0.3) is 0 Å². The van der Waals surface area contributed by atoms with Crippen LogP contribution < -0.4 is 0 Å². The molecule has 0 heterocycles. The summed E-state index contributed by atoms with van der Waals surface area (Å²) in [6, 6.07) is 8.68. The molecule has 0 N–H and O–H groups in total. The smallest absolute Gasteiger partial charge is 0.112 e. The third-order valence-corrected chi connectivity index (χ3v) is 1.31. The van der Waals surface area contributed by atoms with Crippen LogP contribution >= 0.6 is 0 Å². The van der Waals surface area contributed by atoms with Crippen molar-refractivity contribution in [3.63, 3.8) is 0 Å². The predicted molar refractivity (Wildman–Crippen MR) is 39.8 cm³/mol. The number of aldehydes is 1. The summed E-state index contributed by atoms with van der Waals surface area (Å²) in [5, 5.41) is 0. The first-order valence-corrected chi connectivity index (χ1v) is 3.23. The molecule has 1 aromatic rings. The van der Waals surface area contributed by atoms with E-state index in [1.807, 2.05) is 25.1 Å². The number of carbonyl (C=O) groups is 1. The largest absolute Gasteiger partial charge is 0.304 e. The molecule has 0 aromatic heterocycles. The Bertz CT molecular complexity index is 233. The van der Waals surface area contributed by atoms with E-state index in [0.29, 0.717) is 6.42 Å². The van der Waals surface area contributed by atoms with Gasteiger partial charge in [-0.2, -0.15) is 29.8 Å². The fourth-order valence-corrected chi connectivity index (χ4v) is 0.870. The van der Waals surface area contributed by atoms with Crippen LogP contribution in [-0.4, -0.2) is 6.29 Å². The van der Waals surface area contributed by atoms with E-state index in [9.17, 15) is 4.79 Å². The van der Waals surface area contributed by atoms with Gasteiger partial charge in [-0.15, -0.1) is 5.56 Å². The molecule has 0 saturated carbocycles. The Morgan fingerprint density at radius 3 is 2.82 bits per heavy atom. The van der Waals surface area contributed by atoms with Gasteiger partial charge in [-0.25, -0.2) is 0 Å². The fourth-order valence-electron chi connectivity index (χ4n) is 0.870. The third kappa shape index (κ3) is 3.65. The van der Waals surface area contributed by atoms with Gasteiger partial charge in [-0.05, 0) is 6.42 Å². The zero-order valence-corrected chi connectivity index (χ0v) is 10.7. The minimum Gasteiger partial charge on any atom is -0.304 e. The van der Waals surface area contributed by atoms with E-state index < -0.39 is 0 Å². The number of hydrogen-bond donors (Lipinski definition) is 0. The summed E-state index contributed by atoms with van der Waals surface area (Å²) in [5.74, 6) is 0. The molecule has 0 fully saturated rings. The van der Waals surface area contributed by atoms with E-state index in [4.69, 9.17) is 0 Å². The Hall–Kier alpha value is -0.188. The molecule has 0 atom stereocenters. The van der Waals surface area contributed by atoms with Crippen LogP contribution in [-0.2, 0) is 38.5 Å². The summed E-state index contributed by atoms with van der Waals surface area (Å²) >= 11 is 0. The molecule has 0 unspecified atom stereocenters. The van der Waals surface area contributed by atoms with E-state index in [-0.39, 0.29) is 27.3 Å². The van der Waals surface area contributed by atoms with E-state index in [0.717, 1.165) is 17.4 Å². The van der Waals surface area contributed by atoms with Gasteiger partial charge in [0, 0.05) is 27.3 Å². The number of rotatable bonds is 2. The van der Waals surface area contributed by atoms with Crippen molar-refractivity contribution in [3.05, 3.63) is 35.4 Å². The summed E-state index contributed by atoms with van der Waals surface area (Å²) in [6.45, 7) is 1.99. The Morgan fingerprint density at radius 2 is 2.27 bits per heavy atom. The normalized spacial score (nSPS) is 8.45. The first kappa shape index (κ1) is 10.8. The van der Waals surface area contributed by atoms with Gasteiger partial charge in [-0.1, -0.05) is 6.92 Å².